The number of carbonyl (C=O) groups is 1. The van der Waals surface area contributed by atoms with Gasteiger partial charge < -0.3 is 15.1 Å². The van der Waals surface area contributed by atoms with Crippen molar-refractivity contribution in [3.63, 3.8) is 0 Å². The van der Waals surface area contributed by atoms with Gasteiger partial charge in [0.05, 0.1) is 0 Å². The Hall–Kier alpha value is -1.37. The number of hydrogen-bond acceptors (Lipinski definition) is 4. The van der Waals surface area contributed by atoms with Crippen LogP contribution in [0.3, 0.4) is 0 Å². The molecule has 0 spiro atoms. The summed E-state index contributed by atoms with van der Waals surface area (Å²) >= 11 is 3.41. The van der Waals surface area contributed by atoms with E-state index in [1.807, 2.05) is 13.0 Å². The molecule has 5 nitrogen and oxygen atoms in total. The Bertz CT molecular complexity index is 836. The zero-order valence-electron chi connectivity index (χ0n) is 13.5. The number of nitrogens with zero attached hydrogens (tertiary/aromatic N) is 1. The van der Waals surface area contributed by atoms with Crippen LogP contribution in [0.4, 0.5) is 0 Å². The number of nitrogens with two attached hydrogens (primary N) is 1. The molecule has 130 valence electrons. The minimum atomic E-state index is -0.578. The summed E-state index contributed by atoms with van der Waals surface area (Å²) in [5.41, 5.74) is 6.42. The molecule has 0 bridgehead atoms. The predicted octanol–water partition coefficient (Wildman–Crippen LogP) is 3.10. The molecule has 1 saturated heterocycles. The molecular weight excluding hydrogens is 396 g/mol. The molecule has 0 aliphatic carbocycles. The van der Waals surface area contributed by atoms with Crippen LogP contribution < -0.4 is 11.4 Å². The molecule has 1 aliphatic rings. The standard InChI is InChI=1S/C17H19BrN2O3.ClH/c1-9-5-11(7-19)8-20(9)16(21)15-10(2)13-6-12(18)3-4-14(13)23-17(15)22;/h3-4,6,9,11H,5,7-8,19H2,1-2H3;1H. The molecule has 1 fully saturated rings. The summed E-state index contributed by atoms with van der Waals surface area (Å²) in [6.07, 6.45) is 0.867. The largest absolute Gasteiger partial charge is 0.422 e. The normalized spacial score (nSPS) is 20.2. The Morgan fingerprint density at radius 1 is 1.46 bits per heavy atom. The third-order valence-electron chi connectivity index (χ3n) is 4.60. The van der Waals surface area contributed by atoms with Crippen molar-refractivity contribution in [2.75, 3.05) is 13.1 Å². The van der Waals surface area contributed by atoms with Gasteiger partial charge in [0.2, 0.25) is 0 Å². The molecule has 1 aliphatic heterocycles. The van der Waals surface area contributed by atoms with Crippen LogP contribution in [0.5, 0.6) is 0 Å². The van der Waals surface area contributed by atoms with Gasteiger partial charge in [-0.25, -0.2) is 4.79 Å². The minimum Gasteiger partial charge on any atom is -0.422 e. The Morgan fingerprint density at radius 3 is 2.79 bits per heavy atom. The van der Waals surface area contributed by atoms with E-state index in [1.165, 1.54) is 0 Å². The quantitative estimate of drug-likeness (QED) is 0.765. The third kappa shape index (κ3) is 3.23. The molecule has 3 rings (SSSR count). The molecule has 2 atom stereocenters. The first-order valence-corrected chi connectivity index (χ1v) is 8.45. The fourth-order valence-corrected chi connectivity index (χ4v) is 3.67. The van der Waals surface area contributed by atoms with Crippen LogP contribution in [0, 0.1) is 12.8 Å². The van der Waals surface area contributed by atoms with Crippen LogP contribution in [-0.4, -0.2) is 29.9 Å². The highest BCUT2D eigenvalue weighted by molar-refractivity contribution is 9.10. The van der Waals surface area contributed by atoms with Gasteiger partial charge in [0.15, 0.2) is 0 Å². The van der Waals surface area contributed by atoms with Crippen molar-refractivity contribution < 1.29 is 9.21 Å². The van der Waals surface area contributed by atoms with Gasteiger partial charge in [0.25, 0.3) is 5.91 Å². The summed E-state index contributed by atoms with van der Waals surface area (Å²) in [6, 6.07) is 5.47. The van der Waals surface area contributed by atoms with Crippen molar-refractivity contribution >= 4 is 45.2 Å². The van der Waals surface area contributed by atoms with Crippen LogP contribution in [0.1, 0.15) is 29.3 Å². The number of halogens is 2. The number of hydrogen-bond donors (Lipinski definition) is 1. The summed E-state index contributed by atoms with van der Waals surface area (Å²) in [4.78, 5) is 27.0. The van der Waals surface area contributed by atoms with Gasteiger partial charge in [-0.2, -0.15) is 0 Å². The second-order valence-electron chi connectivity index (χ2n) is 6.17. The summed E-state index contributed by atoms with van der Waals surface area (Å²) < 4.78 is 6.22. The highest BCUT2D eigenvalue weighted by atomic mass is 79.9. The lowest BCUT2D eigenvalue weighted by atomic mass is 10.0. The van der Waals surface area contributed by atoms with E-state index in [-0.39, 0.29) is 35.8 Å². The van der Waals surface area contributed by atoms with Crippen molar-refractivity contribution in [1.29, 1.82) is 0 Å². The minimum absolute atomic E-state index is 0. The Morgan fingerprint density at radius 2 is 2.17 bits per heavy atom. The molecule has 24 heavy (non-hydrogen) atoms. The summed E-state index contributed by atoms with van der Waals surface area (Å²) in [7, 11) is 0. The van der Waals surface area contributed by atoms with E-state index in [0.29, 0.717) is 24.2 Å². The molecule has 7 heteroatoms. The second kappa shape index (κ2) is 7.25. The maximum absolute atomic E-state index is 12.9. The molecule has 2 heterocycles. The predicted molar refractivity (Wildman–Crippen MR) is 99.8 cm³/mol. The highest BCUT2D eigenvalue weighted by Crippen LogP contribution is 2.27. The lowest BCUT2D eigenvalue weighted by Gasteiger charge is -2.22. The topological polar surface area (TPSA) is 76.5 Å². The van der Waals surface area contributed by atoms with Crippen molar-refractivity contribution in [2.45, 2.75) is 26.3 Å². The van der Waals surface area contributed by atoms with E-state index in [0.717, 1.165) is 16.3 Å². The maximum atomic E-state index is 12.9. The van der Waals surface area contributed by atoms with Crippen LogP contribution in [0.25, 0.3) is 11.0 Å². The van der Waals surface area contributed by atoms with Crippen molar-refractivity contribution in [2.24, 2.45) is 11.7 Å². The molecule has 1 aromatic heterocycles. The average molecular weight is 416 g/mol. The number of likely N-dealkylation sites (tertiary alicyclic amines) is 1. The Balaban J connectivity index is 0.00000208. The van der Waals surface area contributed by atoms with Gasteiger partial charge >= 0.3 is 5.63 Å². The summed E-state index contributed by atoms with van der Waals surface area (Å²) in [5, 5.41) is 0.768. The summed E-state index contributed by atoms with van der Waals surface area (Å²) in [6.45, 7) is 4.92. The van der Waals surface area contributed by atoms with E-state index in [1.54, 1.807) is 24.0 Å². The Labute approximate surface area is 154 Å². The summed E-state index contributed by atoms with van der Waals surface area (Å²) in [5.74, 6) is 0.0254. The molecule has 0 radical (unpaired) electrons. The van der Waals surface area contributed by atoms with E-state index < -0.39 is 5.63 Å². The van der Waals surface area contributed by atoms with Gasteiger partial charge in [-0.15, -0.1) is 12.4 Å². The maximum Gasteiger partial charge on any atom is 0.349 e. The first-order valence-electron chi connectivity index (χ1n) is 7.66. The molecular formula is C17H20BrClN2O3. The van der Waals surface area contributed by atoms with Crippen molar-refractivity contribution in [3.05, 3.63) is 44.2 Å². The highest BCUT2D eigenvalue weighted by Gasteiger charge is 2.34. The molecule has 0 saturated carbocycles. The zero-order valence-corrected chi connectivity index (χ0v) is 15.9. The number of amides is 1. The van der Waals surface area contributed by atoms with Gasteiger partial charge in [-0.1, -0.05) is 15.9 Å². The van der Waals surface area contributed by atoms with Gasteiger partial charge in [0, 0.05) is 22.4 Å². The van der Waals surface area contributed by atoms with Gasteiger partial charge in [-0.05, 0) is 56.5 Å². The monoisotopic (exact) mass is 414 g/mol. The van der Waals surface area contributed by atoms with Gasteiger partial charge in [0.1, 0.15) is 11.1 Å². The first kappa shape index (κ1) is 19.0. The van der Waals surface area contributed by atoms with E-state index in [2.05, 4.69) is 15.9 Å². The Kier molecular flexibility index (Phi) is 5.73. The van der Waals surface area contributed by atoms with E-state index >= 15 is 0 Å². The van der Waals surface area contributed by atoms with Crippen molar-refractivity contribution in [3.8, 4) is 0 Å². The fourth-order valence-electron chi connectivity index (χ4n) is 3.31. The zero-order chi connectivity index (χ0) is 16.7. The number of carbonyl (C=O) groups excluding carboxylic acids is 1. The number of benzene rings is 1. The van der Waals surface area contributed by atoms with E-state index in [9.17, 15) is 9.59 Å². The first-order chi connectivity index (χ1) is 10.9. The van der Waals surface area contributed by atoms with Crippen LogP contribution in [-0.2, 0) is 0 Å². The third-order valence-corrected chi connectivity index (χ3v) is 5.09. The molecule has 2 unspecified atom stereocenters. The second-order valence-corrected chi connectivity index (χ2v) is 7.09. The number of fused-ring (bicyclic) bond motifs is 1. The van der Waals surface area contributed by atoms with Gasteiger partial charge in [-0.3, -0.25) is 4.79 Å². The average Bonchev–Trinajstić information content (AvgIpc) is 2.89. The van der Waals surface area contributed by atoms with Crippen LogP contribution in [0.15, 0.2) is 31.9 Å². The van der Waals surface area contributed by atoms with Crippen LogP contribution in [0.2, 0.25) is 0 Å². The lowest BCUT2D eigenvalue weighted by molar-refractivity contribution is 0.0738. The smallest absolute Gasteiger partial charge is 0.349 e. The SMILES string of the molecule is Cc1c(C(=O)N2CC(CN)CC2C)c(=O)oc2ccc(Br)cc12.Cl. The van der Waals surface area contributed by atoms with E-state index in [4.69, 9.17) is 10.2 Å². The molecule has 2 N–H and O–H groups in total. The molecule has 1 amide bonds. The van der Waals surface area contributed by atoms with Crippen LogP contribution >= 0.6 is 28.3 Å². The number of rotatable bonds is 2. The van der Waals surface area contributed by atoms with Crippen molar-refractivity contribution in [1.82, 2.24) is 4.90 Å². The number of aryl methyl sites for hydroxylation is 1. The lowest BCUT2D eigenvalue weighted by Crippen LogP contribution is -2.37. The molecule has 1 aromatic carbocycles. The fraction of sp³-hybridized carbons (Fsp3) is 0.412. The molecule has 2 aromatic rings.